The minimum absolute atomic E-state index is 0.0295. The van der Waals surface area contributed by atoms with Crippen LogP contribution in [0.4, 0.5) is 35.0 Å². The molecule has 8 nitrogen and oxygen atoms in total. The number of aromatic hydroxyl groups is 1. The van der Waals surface area contributed by atoms with Crippen molar-refractivity contribution in [3.05, 3.63) is 101 Å². The van der Waals surface area contributed by atoms with E-state index in [-0.39, 0.29) is 34.1 Å². The van der Waals surface area contributed by atoms with Crippen molar-refractivity contribution in [3.63, 3.8) is 0 Å². The lowest BCUT2D eigenvalue weighted by Gasteiger charge is -2.19. The van der Waals surface area contributed by atoms with Crippen molar-refractivity contribution in [3.8, 4) is 22.6 Å². The second-order valence-electron chi connectivity index (χ2n) is 9.31. The zero-order chi connectivity index (χ0) is 29.5. The number of hydrogen-bond donors (Lipinski definition) is 3. The lowest BCUT2D eigenvalue weighted by molar-refractivity contribution is -0.137. The van der Waals surface area contributed by atoms with Gasteiger partial charge in [0.2, 0.25) is 0 Å². The zero-order valence-corrected chi connectivity index (χ0v) is 21.7. The van der Waals surface area contributed by atoms with E-state index in [0.717, 1.165) is 23.3 Å². The first-order valence-electron chi connectivity index (χ1n) is 12.2. The highest BCUT2D eigenvalue weighted by atomic mass is 19.4. The van der Waals surface area contributed by atoms with Gasteiger partial charge in [-0.25, -0.2) is 4.79 Å². The lowest BCUT2D eigenvalue weighted by Crippen LogP contribution is -2.26. The number of aryl methyl sites for hydroxylation is 2. The predicted molar refractivity (Wildman–Crippen MR) is 147 cm³/mol. The molecule has 1 aliphatic heterocycles. The quantitative estimate of drug-likeness (QED) is 0.102. The van der Waals surface area contributed by atoms with Crippen LogP contribution in [0.15, 0.2) is 84.0 Å². The highest BCUT2D eigenvalue weighted by molar-refractivity contribution is 6.55. The molecule has 11 heteroatoms. The van der Waals surface area contributed by atoms with Gasteiger partial charge in [-0.15, -0.1) is 0 Å². The summed E-state index contributed by atoms with van der Waals surface area (Å²) in [7, 11) is 0. The van der Waals surface area contributed by atoms with Crippen LogP contribution in [0, 0.1) is 13.8 Å². The predicted octanol–water partition coefficient (Wildman–Crippen LogP) is 7.25. The maximum absolute atomic E-state index is 13.6. The molecular weight excluding hydrogens is 539 g/mol. The molecule has 1 amide bonds. The SMILES string of the molecule is Cc1ccc(N2C(=O)C(=NNc3cccc(-c4cccc(OC(=O)O)c4)c3O)c3ccc(C(F)(F)F)cc32)cc1C. The fourth-order valence-corrected chi connectivity index (χ4v) is 4.46. The van der Waals surface area contributed by atoms with E-state index in [9.17, 15) is 27.9 Å². The van der Waals surface area contributed by atoms with E-state index in [1.165, 1.54) is 29.2 Å². The molecule has 4 aromatic rings. The number of alkyl halides is 3. The number of hydrazone groups is 1. The summed E-state index contributed by atoms with van der Waals surface area (Å²) in [5.74, 6) is -0.858. The molecule has 0 fully saturated rings. The number of fused-ring (bicyclic) bond motifs is 1. The van der Waals surface area contributed by atoms with Gasteiger partial charge in [-0.1, -0.05) is 30.3 Å². The van der Waals surface area contributed by atoms with Crippen molar-refractivity contribution < 1.29 is 37.7 Å². The first-order chi connectivity index (χ1) is 19.4. The Morgan fingerprint density at radius 2 is 1.68 bits per heavy atom. The molecule has 41 heavy (non-hydrogen) atoms. The molecule has 0 radical (unpaired) electrons. The summed E-state index contributed by atoms with van der Waals surface area (Å²) in [4.78, 5) is 25.7. The van der Waals surface area contributed by atoms with E-state index in [0.29, 0.717) is 16.8 Å². The molecule has 0 unspecified atom stereocenters. The van der Waals surface area contributed by atoms with Gasteiger partial charge in [-0.2, -0.15) is 18.3 Å². The van der Waals surface area contributed by atoms with Crippen molar-refractivity contribution in [1.29, 1.82) is 0 Å². The summed E-state index contributed by atoms with van der Waals surface area (Å²) < 4.78 is 45.4. The molecule has 0 saturated heterocycles. The van der Waals surface area contributed by atoms with Crippen molar-refractivity contribution in [2.45, 2.75) is 20.0 Å². The largest absolute Gasteiger partial charge is 0.511 e. The van der Waals surface area contributed by atoms with Crippen molar-refractivity contribution in [2.24, 2.45) is 5.10 Å². The Kier molecular flexibility index (Phi) is 6.87. The van der Waals surface area contributed by atoms with Crippen LogP contribution in [0.1, 0.15) is 22.3 Å². The average molecular weight is 562 g/mol. The molecule has 0 atom stereocenters. The van der Waals surface area contributed by atoms with Gasteiger partial charge in [0.05, 0.1) is 16.9 Å². The van der Waals surface area contributed by atoms with Crippen LogP contribution in [0.25, 0.3) is 11.1 Å². The highest BCUT2D eigenvalue weighted by Crippen LogP contribution is 2.41. The maximum Gasteiger partial charge on any atom is 0.511 e. The van der Waals surface area contributed by atoms with Crippen LogP contribution in [-0.4, -0.2) is 28.0 Å². The van der Waals surface area contributed by atoms with Gasteiger partial charge in [0, 0.05) is 16.8 Å². The summed E-state index contributed by atoms with van der Waals surface area (Å²) in [6.45, 7) is 3.72. The molecule has 4 aromatic carbocycles. The van der Waals surface area contributed by atoms with Gasteiger partial charge in [0.1, 0.15) is 11.5 Å². The van der Waals surface area contributed by atoms with Gasteiger partial charge in [0.25, 0.3) is 5.91 Å². The first-order valence-corrected chi connectivity index (χ1v) is 12.2. The average Bonchev–Trinajstić information content (AvgIpc) is 3.19. The van der Waals surface area contributed by atoms with E-state index in [4.69, 9.17) is 5.11 Å². The fraction of sp³-hybridized carbons (Fsp3) is 0.100. The molecule has 3 N–H and O–H groups in total. The molecule has 0 saturated carbocycles. The number of anilines is 3. The standard InChI is InChI=1S/C30H22F3N3O5/c1-16-9-11-20(13-17(16)2)36-25-15-19(30(31,32)33)10-12-23(25)26(28(36)38)35-34-24-8-4-7-22(27(24)37)18-5-3-6-21(14-18)41-29(39)40/h3-15,34,37H,1-2H3,(H,39,40). The van der Waals surface area contributed by atoms with E-state index in [2.05, 4.69) is 15.3 Å². The normalized spacial score (nSPS) is 13.8. The summed E-state index contributed by atoms with van der Waals surface area (Å²) in [5.41, 5.74) is 4.88. The van der Waals surface area contributed by atoms with Crippen LogP contribution >= 0.6 is 0 Å². The molecule has 1 aliphatic rings. The molecule has 5 rings (SSSR count). The second kappa shape index (κ2) is 10.3. The lowest BCUT2D eigenvalue weighted by atomic mass is 10.0. The Bertz CT molecular complexity index is 1730. The van der Waals surface area contributed by atoms with Gasteiger partial charge in [-0.3, -0.25) is 15.1 Å². The zero-order valence-electron chi connectivity index (χ0n) is 21.7. The van der Waals surface area contributed by atoms with Crippen LogP contribution < -0.4 is 15.1 Å². The van der Waals surface area contributed by atoms with Gasteiger partial charge >= 0.3 is 12.3 Å². The first kappa shape index (κ1) is 27.3. The summed E-state index contributed by atoms with van der Waals surface area (Å²) in [6.07, 6.45) is -6.11. The van der Waals surface area contributed by atoms with Gasteiger partial charge < -0.3 is 14.9 Å². The number of nitrogens with one attached hydrogen (secondary N) is 1. The highest BCUT2D eigenvalue weighted by Gasteiger charge is 2.39. The van der Waals surface area contributed by atoms with Gasteiger partial charge in [0.15, 0.2) is 5.71 Å². The number of benzene rings is 4. The maximum atomic E-state index is 13.6. The number of halogens is 3. The number of phenolic OH excluding ortho intramolecular Hbond substituents is 1. The third kappa shape index (κ3) is 5.29. The fourth-order valence-electron chi connectivity index (χ4n) is 4.46. The molecule has 0 aliphatic carbocycles. The number of nitrogens with zero attached hydrogens (tertiary/aromatic N) is 2. The van der Waals surface area contributed by atoms with E-state index in [1.807, 2.05) is 13.8 Å². The summed E-state index contributed by atoms with van der Waals surface area (Å²) in [5, 5.41) is 24.0. The summed E-state index contributed by atoms with van der Waals surface area (Å²) >= 11 is 0. The Balaban J connectivity index is 1.54. The van der Waals surface area contributed by atoms with Crippen molar-refractivity contribution in [1.82, 2.24) is 0 Å². The monoisotopic (exact) mass is 561 g/mol. The van der Waals surface area contributed by atoms with Crippen LogP contribution in [0.3, 0.4) is 0 Å². The third-order valence-electron chi connectivity index (χ3n) is 6.65. The number of rotatable bonds is 5. The molecule has 0 spiro atoms. The topological polar surface area (TPSA) is 111 Å². The number of carbonyl (C=O) groups excluding carboxylic acids is 1. The molecule has 0 bridgehead atoms. The van der Waals surface area contributed by atoms with Crippen molar-refractivity contribution >= 4 is 34.8 Å². The number of carboxylic acid groups (broad SMARTS) is 1. The number of ether oxygens (including phenoxy) is 1. The molecule has 1 heterocycles. The molecule has 0 aromatic heterocycles. The number of amides is 1. The number of hydrogen-bond acceptors (Lipinski definition) is 6. The van der Waals surface area contributed by atoms with Crippen molar-refractivity contribution in [2.75, 3.05) is 10.3 Å². The number of carbonyl (C=O) groups is 2. The minimum Gasteiger partial charge on any atom is -0.505 e. The third-order valence-corrected chi connectivity index (χ3v) is 6.65. The number of phenols is 1. The molecule has 208 valence electrons. The van der Waals surface area contributed by atoms with Gasteiger partial charge in [-0.05, 0) is 79.1 Å². The Hall–Kier alpha value is -5.32. The Morgan fingerprint density at radius 1 is 0.927 bits per heavy atom. The van der Waals surface area contributed by atoms with E-state index in [1.54, 1.807) is 42.5 Å². The smallest absolute Gasteiger partial charge is 0.505 e. The van der Waals surface area contributed by atoms with Crippen LogP contribution in [0.2, 0.25) is 0 Å². The van der Waals surface area contributed by atoms with E-state index < -0.39 is 23.8 Å². The molecular formula is C30H22F3N3O5. The summed E-state index contributed by atoms with van der Waals surface area (Å²) in [6, 6.07) is 18.9. The number of para-hydroxylation sites is 1. The second-order valence-corrected chi connectivity index (χ2v) is 9.31. The van der Waals surface area contributed by atoms with Crippen LogP contribution in [0.5, 0.6) is 11.5 Å². The minimum atomic E-state index is -4.62. The van der Waals surface area contributed by atoms with E-state index >= 15 is 0 Å². The van der Waals surface area contributed by atoms with Crippen LogP contribution in [-0.2, 0) is 11.0 Å². The Labute approximate surface area is 231 Å². The Morgan fingerprint density at radius 3 is 2.39 bits per heavy atom.